The fraction of sp³-hybridized carbons (Fsp3) is 0.364. The van der Waals surface area contributed by atoms with Crippen LogP contribution in [-0.2, 0) is 6.42 Å². The Morgan fingerprint density at radius 2 is 2.35 bits per heavy atom. The molecule has 0 amide bonds. The summed E-state index contributed by atoms with van der Waals surface area (Å²) in [5.41, 5.74) is 0. The van der Waals surface area contributed by atoms with Crippen molar-refractivity contribution in [3.63, 3.8) is 0 Å². The molecule has 1 unspecified atom stereocenters. The van der Waals surface area contributed by atoms with Gasteiger partial charge in [-0.05, 0) is 25.5 Å². The van der Waals surface area contributed by atoms with Crippen molar-refractivity contribution in [1.29, 1.82) is 0 Å². The van der Waals surface area contributed by atoms with Crippen LogP contribution in [-0.4, -0.2) is 31.8 Å². The molecule has 2 rings (SSSR count). The Bertz CT molecular complexity index is 458. The number of phenolic OH excluding ortho intramolecular Hbond substituents is 1. The van der Waals surface area contributed by atoms with E-state index < -0.39 is 0 Å². The lowest BCUT2D eigenvalue weighted by Crippen LogP contribution is -2.13. The van der Waals surface area contributed by atoms with Gasteiger partial charge in [0, 0.05) is 12.5 Å². The third-order valence-corrected chi connectivity index (χ3v) is 2.32. The topological polar surface area (TPSA) is 83.9 Å². The molecular formula is C11H14N4O2. The highest BCUT2D eigenvalue weighted by atomic mass is 16.5. The summed E-state index contributed by atoms with van der Waals surface area (Å²) < 4.78 is 5.65. The number of aromatic amines is 1. The van der Waals surface area contributed by atoms with Crippen LogP contribution < -0.4 is 4.74 Å². The average molecular weight is 234 g/mol. The number of aromatic hydroxyl groups is 1. The first-order valence-corrected chi connectivity index (χ1v) is 5.42. The quantitative estimate of drug-likeness (QED) is 0.814. The van der Waals surface area contributed by atoms with Crippen molar-refractivity contribution in [1.82, 2.24) is 20.6 Å². The first-order valence-electron chi connectivity index (χ1n) is 5.42. The maximum absolute atomic E-state index is 9.29. The number of ether oxygens (including phenoxy) is 1. The number of phenols is 1. The smallest absolute Gasteiger partial charge is 0.174 e. The van der Waals surface area contributed by atoms with Crippen LogP contribution in [0, 0.1) is 0 Å². The molecule has 0 aliphatic heterocycles. The summed E-state index contributed by atoms with van der Waals surface area (Å²) in [6.07, 6.45) is 1.52. The van der Waals surface area contributed by atoms with Gasteiger partial charge < -0.3 is 9.84 Å². The summed E-state index contributed by atoms with van der Waals surface area (Å²) >= 11 is 0. The van der Waals surface area contributed by atoms with E-state index >= 15 is 0 Å². The highest BCUT2D eigenvalue weighted by molar-refractivity contribution is 5.31. The van der Waals surface area contributed by atoms with Crippen LogP contribution >= 0.6 is 0 Å². The van der Waals surface area contributed by atoms with Crippen LogP contribution in [0.5, 0.6) is 11.5 Å². The van der Waals surface area contributed by atoms with E-state index in [1.807, 2.05) is 13.0 Å². The molecule has 1 aromatic carbocycles. The number of H-pyrrole nitrogens is 1. The molecular weight excluding hydrogens is 220 g/mol. The number of aromatic nitrogens is 4. The van der Waals surface area contributed by atoms with Gasteiger partial charge in [-0.1, -0.05) is 11.3 Å². The van der Waals surface area contributed by atoms with Crippen molar-refractivity contribution in [2.45, 2.75) is 25.9 Å². The Hall–Kier alpha value is -2.11. The van der Waals surface area contributed by atoms with Crippen LogP contribution in [0.1, 0.15) is 19.2 Å². The number of hydrogen-bond donors (Lipinski definition) is 2. The lowest BCUT2D eigenvalue weighted by molar-refractivity contribution is 0.210. The first-order chi connectivity index (χ1) is 8.24. The molecule has 0 saturated carbocycles. The van der Waals surface area contributed by atoms with Gasteiger partial charge in [0.1, 0.15) is 11.5 Å². The minimum absolute atomic E-state index is 0.0234. The summed E-state index contributed by atoms with van der Waals surface area (Å²) in [5.74, 6) is 1.54. The molecule has 1 atom stereocenters. The van der Waals surface area contributed by atoms with Crippen molar-refractivity contribution >= 4 is 0 Å². The zero-order valence-corrected chi connectivity index (χ0v) is 9.50. The Labute approximate surface area is 98.6 Å². The van der Waals surface area contributed by atoms with Crippen molar-refractivity contribution in [3.05, 3.63) is 30.1 Å². The van der Waals surface area contributed by atoms with Crippen LogP contribution in [0.4, 0.5) is 0 Å². The van der Waals surface area contributed by atoms with Crippen LogP contribution in [0.3, 0.4) is 0 Å². The van der Waals surface area contributed by atoms with E-state index in [-0.39, 0.29) is 11.9 Å². The molecule has 1 heterocycles. The number of nitrogens with one attached hydrogen (secondary N) is 1. The molecule has 1 aromatic heterocycles. The lowest BCUT2D eigenvalue weighted by atomic mass is 10.2. The van der Waals surface area contributed by atoms with Crippen molar-refractivity contribution < 1.29 is 9.84 Å². The molecule has 0 radical (unpaired) electrons. The van der Waals surface area contributed by atoms with Crippen LogP contribution in [0.15, 0.2) is 24.3 Å². The predicted molar refractivity (Wildman–Crippen MR) is 60.7 cm³/mol. The third-order valence-electron chi connectivity index (χ3n) is 2.32. The normalized spacial score (nSPS) is 12.3. The lowest BCUT2D eigenvalue weighted by Gasteiger charge is -2.13. The Morgan fingerprint density at radius 1 is 1.47 bits per heavy atom. The summed E-state index contributed by atoms with van der Waals surface area (Å²) in [6, 6.07) is 6.75. The molecule has 17 heavy (non-hydrogen) atoms. The molecule has 0 saturated heterocycles. The molecule has 2 aromatic rings. The monoisotopic (exact) mass is 234 g/mol. The largest absolute Gasteiger partial charge is 0.508 e. The number of aryl methyl sites for hydroxylation is 1. The number of benzene rings is 1. The van der Waals surface area contributed by atoms with E-state index in [1.165, 1.54) is 0 Å². The zero-order valence-electron chi connectivity index (χ0n) is 9.50. The zero-order chi connectivity index (χ0) is 12.1. The molecule has 0 aliphatic carbocycles. The molecule has 2 N–H and O–H groups in total. The maximum Gasteiger partial charge on any atom is 0.174 e. The Kier molecular flexibility index (Phi) is 3.54. The van der Waals surface area contributed by atoms with Gasteiger partial charge in [0.15, 0.2) is 5.82 Å². The minimum atomic E-state index is 0.0234. The third kappa shape index (κ3) is 3.44. The van der Waals surface area contributed by atoms with Gasteiger partial charge in [-0.15, -0.1) is 10.2 Å². The van der Waals surface area contributed by atoms with Gasteiger partial charge in [-0.2, -0.15) is 5.21 Å². The second-order valence-corrected chi connectivity index (χ2v) is 3.79. The molecule has 0 spiro atoms. The SMILES string of the molecule is CC(CCc1nn[nH]n1)Oc1cccc(O)c1. The van der Waals surface area contributed by atoms with E-state index in [4.69, 9.17) is 4.74 Å². The van der Waals surface area contributed by atoms with Gasteiger partial charge in [0.25, 0.3) is 0 Å². The summed E-state index contributed by atoms with van der Waals surface area (Å²) in [6.45, 7) is 1.96. The van der Waals surface area contributed by atoms with Crippen molar-refractivity contribution in [2.75, 3.05) is 0 Å². The minimum Gasteiger partial charge on any atom is -0.508 e. The number of tetrazole rings is 1. The number of hydrogen-bond acceptors (Lipinski definition) is 5. The Balaban J connectivity index is 1.83. The fourth-order valence-corrected chi connectivity index (χ4v) is 1.47. The van der Waals surface area contributed by atoms with E-state index in [0.717, 1.165) is 6.42 Å². The highest BCUT2D eigenvalue weighted by Crippen LogP contribution is 2.19. The van der Waals surface area contributed by atoms with Crippen LogP contribution in [0.25, 0.3) is 0 Å². The molecule has 6 nitrogen and oxygen atoms in total. The Morgan fingerprint density at radius 3 is 3.06 bits per heavy atom. The average Bonchev–Trinajstić information content (AvgIpc) is 2.79. The summed E-state index contributed by atoms with van der Waals surface area (Å²) in [5, 5.41) is 22.9. The standard InChI is InChI=1S/C11H14N4O2/c1-8(5-6-11-12-14-15-13-11)17-10-4-2-3-9(16)7-10/h2-4,7-8,16H,5-6H2,1H3,(H,12,13,14,15). The summed E-state index contributed by atoms with van der Waals surface area (Å²) in [7, 11) is 0. The maximum atomic E-state index is 9.29. The van der Waals surface area contributed by atoms with Gasteiger partial charge in [0.2, 0.25) is 0 Å². The molecule has 6 heteroatoms. The second-order valence-electron chi connectivity index (χ2n) is 3.79. The van der Waals surface area contributed by atoms with Gasteiger partial charge in [-0.25, -0.2) is 0 Å². The van der Waals surface area contributed by atoms with E-state index in [0.29, 0.717) is 18.0 Å². The van der Waals surface area contributed by atoms with E-state index in [2.05, 4.69) is 20.6 Å². The van der Waals surface area contributed by atoms with Crippen molar-refractivity contribution in [3.8, 4) is 11.5 Å². The fourth-order valence-electron chi connectivity index (χ4n) is 1.47. The summed E-state index contributed by atoms with van der Waals surface area (Å²) in [4.78, 5) is 0. The number of rotatable bonds is 5. The number of nitrogens with zero attached hydrogens (tertiary/aromatic N) is 3. The van der Waals surface area contributed by atoms with E-state index in [9.17, 15) is 5.11 Å². The predicted octanol–water partition coefficient (Wildman–Crippen LogP) is 1.31. The molecule has 0 fully saturated rings. The van der Waals surface area contributed by atoms with Crippen molar-refractivity contribution in [2.24, 2.45) is 0 Å². The second kappa shape index (κ2) is 5.29. The van der Waals surface area contributed by atoms with Gasteiger partial charge >= 0.3 is 0 Å². The van der Waals surface area contributed by atoms with Gasteiger partial charge in [0.05, 0.1) is 6.10 Å². The van der Waals surface area contributed by atoms with E-state index in [1.54, 1.807) is 18.2 Å². The molecule has 0 aliphatic rings. The first kappa shape index (κ1) is 11.4. The molecule has 0 bridgehead atoms. The molecule has 90 valence electrons. The van der Waals surface area contributed by atoms with Gasteiger partial charge in [-0.3, -0.25) is 0 Å². The highest BCUT2D eigenvalue weighted by Gasteiger charge is 2.07. The van der Waals surface area contributed by atoms with Crippen LogP contribution in [0.2, 0.25) is 0 Å².